The lowest BCUT2D eigenvalue weighted by atomic mass is 9.97. The van der Waals surface area contributed by atoms with E-state index in [1.54, 1.807) is 24.3 Å². The highest BCUT2D eigenvalue weighted by Crippen LogP contribution is 2.18. The van der Waals surface area contributed by atoms with Gasteiger partial charge in [-0.1, -0.05) is 68.8 Å². The number of carbonyl (C=O) groups excluding carboxylic acids is 3. The summed E-state index contributed by atoms with van der Waals surface area (Å²) in [5.74, 6) is -1.25. The van der Waals surface area contributed by atoms with Gasteiger partial charge < -0.3 is 16.4 Å². The molecule has 0 radical (unpaired) electrons. The summed E-state index contributed by atoms with van der Waals surface area (Å²) in [5.41, 5.74) is 6.76. The summed E-state index contributed by atoms with van der Waals surface area (Å²) in [5, 5.41) is 5.63. The summed E-state index contributed by atoms with van der Waals surface area (Å²) in [6.07, 6.45) is 0.712. The van der Waals surface area contributed by atoms with Crippen LogP contribution >= 0.6 is 0 Å². The van der Waals surface area contributed by atoms with Crippen LogP contribution in [0.4, 0.5) is 0 Å². The van der Waals surface area contributed by atoms with E-state index in [1.807, 2.05) is 50.2 Å². The van der Waals surface area contributed by atoms with Crippen LogP contribution in [-0.2, 0) is 9.59 Å². The van der Waals surface area contributed by atoms with Gasteiger partial charge in [0.1, 0.15) is 6.04 Å². The van der Waals surface area contributed by atoms with E-state index < -0.39 is 18.0 Å². The van der Waals surface area contributed by atoms with Gasteiger partial charge in [-0.2, -0.15) is 0 Å². The normalized spacial score (nSPS) is 13.8. The molecule has 0 saturated carbocycles. The third-order valence-corrected chi connectivity index (χ3v) is 4.77. The summed E-state index contributed by atoms with van der Waals surface area (Å²) in [7, 11) is 0. The van der Waals surface area contributed by atoms with Gasteiger partial charge in [0.25, 0.3) is 5.91 Å². The van der Waals surface area contributed by atoms with Crippen molar-refractivity contribution in [2.24, 2.45) is 11.7 Å². The molecular weight excluding hydrogens is 354 g/mol. The van der Waals surface area contributed by atoms with Crippen LogP contribution in [0.2, 0.25) is 0 Å². The van der Waals surface area contributed by atoms with Crippen molar-refractivity contribution in [2.45, 2.75) is 38.8 Å². The maximum atomic E-state index is 12.6. The number of amides is 3. The molecule has 3 atom stereocenters. The Balaban J connectivity index is 2.15. The van der Waals surface area contributed by atoms with E-state index in [-0.39, 0.29) is 24.2 Å². The summed E-state index contributed by atoms with van der Waals surface area (Å²) in [4.78, 5) is 36.9. The average Bonchev–Trinajstić information content (AvgIpc) is 2.72. The van der Waals surface area contributed by atoms with Gasteiger partial charge >= 0.3 is 0 Å². The molecule has 28 heavy (non-hydrogen) atoms. The van der Waals surface area contributed by atoms with E-state index in [0.29, 0.717) is 12.0 Å². The van der Waals surface area contributed by atoms with E-state index in [9.17, 15) is 14.4 Å². The number of nitrogens with two attached hydrogens (primary N) is 1. The Morgan fingerprint density at radius 2 is 1.50 bits per heavy atom. The summed E-state index contributed by atoms with van der Waals surface area (Å²) in [6, 6.07) is 16.8. The molecule has 0 spiro atoms. The van der Waals surface area contributed by atoms with Crippen LogP contribution in [0.1, 0.15) is 48.7 Å². The molecule has 0 heterocycles. The fourth-order valence-corrected chi connectivity index (χ4v) is 2.92. The fraction of sp³-hybridized carbons (Fsp3) is 0.318. The van der Waals surface area contributed by atoms with E-state index >= 15 is 0 Å². The van der Waals surface area contributed by atoms with Crippen molar-refractivity contribution < 1.29 is 14.4 Å². The average molecular weight is 381 g/mol. The lowest BCUT2D eigenvalue weighted by Crippen LogP contribution is -2.49. The Bertz CT molecular complexity index is 793. The van der Waals surface area contributed by atoms with Gasteiger partial charge in [0.2, 0.25) is 11.8 Å². The van der Waals surface area contributed by atoms with Crippen LogP contribution in [0.25, 0.3) is 0 Å². The lowest BCUT2D eigenvalue weighted by Gasteiger charge is -2.24. The van der Waals surface area contributed by atoms with Gasteiger partial charge in [-0.3, -0.25) is 14.4 Å². The van der Waals surface area contributed by atoms with Crippen LogP contribution < -0.4 is 16.4 Å². The van der Waals surface area contributed by atoms with E-state index in [2.05, 4.69) is 10.6 Å². The molecule has 6 heteroatoms. The third kappa shape index (κ3) is 5.94. The molecule has 2 aromatic carbocycles. The van der Waals surface area contributed by atoms with Crippen LogP contribution in [0.15, 0.2) is 60.7 Å². The Morgan fingerprint density at radius 3 is 2.04 bits per heavy atom. The molecule has 0 bridgehead atoms. The maximum Gasteiger partial charge on any atom is 0.251 e. The smallest absolute Gasteiger partial charge is 0.251 e. The number of primary amides is 1. The molecule has 148 valence electrons. The lowest BCUT2D eigenvalue weighted by molar-refractivity contribution is -0.128. The zero-order chi connectivity index (χ0) is 20.5. The first-order chi connectivity index (χ1) is 13.4. The Labute approximate surface area is 165 Å². The molecule has 0 saturated heterocycles. The second-order valence-corrected chi connectivity index (χ2v) is 6.84. The number of nitrogens with one attached hydrogen (secondary N) is 2. The van der Waals surface area contributed by atoms with Crippen molar-refractivity contribution in [1.82, 2.24) is 10.6 Å². The first-order valence-electron chi connectivity index (χ1n) is 9.41. The van der Waals surface area contributed by atoms with Crippen molar-refractivity contribution in [2.75, 3.05) is 0 Å². The largest absolute Gasteiger partial charge is 0.368 e. The number of carbonyl (C=O) groups is 3. The van der Waals surface area contributed by atoms with Crippen molar-refractivity contribution in [3.63, 3.8) is 0 Å². The minimum atomic E-state index is -0.737. The summed E-state index contributed by atoms with van der Waals surface area (Å²) < 4.78 is 0. The molecule has 4 N–H and O–H groups in total. The van der Waals surface area contributed by atoms with Crippen molar-refractivity contribution in [3.05, 3.63) is 71.8 Å². The Hall–Kier alpha value is -3.15. The molecule has 6 nitrogen and oxygen atoms in total. The van der Waals surface area contributed by atoms with Crippen LogP contribution in [0.5, 0.6) is 0 Å². The molecule has 0 aliphatic heterocycles. The van der Waals surface area contributed by atoms with Crippen molar-refractivity contribution >= 4 is 17.7 Å². The maximum absolute atomic E-state index is 12.6. The topological polar surface area (TPSA) is 101 Å². The highest BCUT2D eigenvalue weighted by Gasteiger charge is 2.26. The number of hydrogen-bond acceptors (Lipinski definition) is 3. The van der Waals surface area contributed by atoms with Gasteiger partial charge in [0.15, 0.2) is 0 Å². The molecule has 0 aliphatic carbocycles. The summed E-state index contributed by atoms with van der Waals surface area (Å²) in [6.45, 7) is 3.79. The molecule has 0 aromatic heterocycles. The molecule has 2 aromatic rings. The third-order valence-electron chi connectivity index (χ3n) is 4.77. The highest BCUT2D eigenvalue weighted by molar-refractivity contribution is 5.95. The zero-order valence-electron chi connectivity index (χ0n) is 16.2. The van der Waals surface area contributed by atoms with Crippen LogP contribution in [-0.4, -0.2) is 23.8 Å². The van der Waals surface area contributed by atoms with Crippen LogP contribution in [0, 0.1) is 5.92 Å². The number of hydrogen-bond donors (Lipinski definition) is 3. The minimum absolute atomic E-state index is 0.00278. The molecule has 2 rings (SSSR count). The highest BCUT2D eigenvalue weighted by atomic mass is 16.2. The standard InChI is InChI=1S/C22H27N3O3/c1-3-15(2)20(21(23)27)25-19(26)14-18(16-10-6-4-7-11-16)24-22(28)17-12-8-5-9-13-17/h4-13,15,18,20H,3,14H2,1-2H3,(H2,23,27)(H,24,28)(H,25,26). The Morgan fingerprint density at radius 1 is 0.929 bits per heavy atom. The monoisotopic (exact) mass is 381 g/mol. The van der Waals surface area contributed by atoms with Gasteiger partial charge in [0.05, 0.1) is 12.5 Å². The first-order valence-corrected chi connectivity index (χ1v) is 9.41. The van der Waals surface area contributed by atoms with Crippen molar-refractivity contribution in [3.8, 4) is 0 Å². The molecule has 3 amide bonds. The molecule has 0 fully saturated rings. The Kier molecular flexibility index (Phi) is 7.75. The molecule has 3 unspecified atom stereocenters. The summed E-state index contributed by atoms with van der Waals surface area (Å²) >= 11 is 0. The first kappa shape index (κ1) is 21.2. The minimum Gasteiger partial charge on any atom is -0.368 e. The van der Waals surface area contributed by atoms with Gasteiger partial charge in [0, 0.05) is 5.56 Å². The number of rotatable bonds is 9. The van der Waals surface area contributed by atoms with Gasteiger partial charge in [-0.15, -0.1) is 0 Å². The van der Waals surface area contributed by atoms with Gasteiger partial charge in [-0.05, 0) is 23.6 Å². The van der Waals surface area contributed by atoms with E-state index in [0.717, 1.165) is 5.56 Å². The van der Waals surface area contributed by atoms with E-state index in [4.69, 9.17) is 5.73 Å². The van der Waals surface area contributed by atoms with Crippen LogP contribution in [0.3, 0.4) is 0 Å². The SMILES string of the molecule is CCC(C)C(NC(=O)CC(NC(=O)c1ccccc1)c1ccccc1)C(N)=O. The predicted molar refractivity (Wildman–Crippen MR) is 108 cm³/mol. The second kappa shape index (κ2) is 10.3. The quantitative estimate of drug-likeness (QED) is 0.622. The zero-order valence-corrected chi connectivity index (χ0v) is 16.2. The molecule has 0 aliphatic rings. The van der Waals surface area contributed by atoms with E-state index in [1.165, 1.54) is 0 Å². The van der Waals surface area contributed by atoms with Crippen molar-refractivity contribution in [1.29, 1.82) is 0 Å². The van der Waals surface area contributed by atoms with Gasteiger partial charge in [-0.25, -0.2) is 0 Å². The molecular formula is C22H27N3O3. The second-order valence-electron chi connectivity index (χ2n) is 6.84. The number of benzene rings is 2. The predicted octanol–water partition coefficient (Wildman–Crippen LogP) is 2.56. The fourth-order valence-electron chi connectivity index (χ4n) is 2.92.